The van der Waals surface area contributed by atoms with Crippen LogP contribution in [0.2, 0.25) is 0 Å². The van der Waals surface area contributed by atoms with E-state index in [-0.39, 0.29) is 31.1 Å². The van der Waals surface area contributed by atoms with Gasteiger partial charge in [-0.25, -0.2) is 0 Å². The van der Waals surface area contributed by atoms with E-state index < -0.39 is 6.10 Å². The molecule has 6 nitrogen and oxygen atoms in total. The number of ether oxygens (including phenoxy) is 3. The Morgan fingerprint density at radius 3 is 1.10 bits per heavy atom. The Morgan fingerprint density at radius 2 is 0.667 bits per heavy atom. The van der Waals surface area contributed by atoms with Crippen LogP contribution in [0.1, 0.15) is 265 Å². The Labute approximate surface area is 390 Å². The minimum atomic E-state index is -0.788. The molecule has 6 heteroatoms. The normalized spacial score (nSPS) is 12.5. The van der Waals surface area contributed by atoms with Crippen molar-refractivity contribution in [3.05, 3.63) is 60.8 Å². The zero-order valence-electron chi connectivity index (χ0n) is 41.6. The lowest BCUT2D eigenvalue weighted by atomic mass is 10.1. The molecule has 0 aliphatic carbocycles. The molecule has 0 aromatic heterocycles. The van der Waals surface area contributed by atoms with E-state index in [1.807, 2.05) is 0 Å². The van der Waals surface area contributed by atoms with Crippen molar-refractivity contribution in [1.29, 1.82) is 0 Å². The van der Waals surface area contributed by atoms with E-state index in [1.54, 1.807) is 0 Å². The number of unbranched alkanes of at least 4 members (excludes halogenated alkanes) is 28. The molecule has 1 atom stereocenters. The smallest absolute Gasteiger partial charge is 0.306 e. The van der Waals surface area contributed by atoms with Crippen molar-refractivity contribution in [2.45, 2.75) is 271 Å². The maximum atomic E-state index is 12.8. The van der Waals surface area contributed by atoms with Crippen molar-refractivity contribution >= 4 is 17.9 Å². The summed E-state index contributed by atoms with van der Waals surface area (Å²) in [6.07, 6.45) is 63.5. The summed E-state index contributed by atoms with van der Waals surface area (Å²) < 4.78 is 16.8. The highest BCUT2D eigenvalue weighted by Gasteiger charge is 2.19. The van der Waals surface area contributed by atoms with Crippen LogP contribution in [-0.2, 0) is 28.6 Å². The van der Waals surface area contributed by atoms with Crippen LogP contribution in [0.3, 0.4) is 0 Å². The highest BCUT2D eigenvalue weighted by atomic mass is 16.6. The molecule has 0 heterocycles. The molecule has 0 bridgehead atoms. The van der Waals surface area contributed by atoms with Gasteiger partial charge in [-0.2, -0.15) is 0 Å². The second kappa shape index (κ2) is 51.7. The Balaban J connectivity index is 4.39. The number of esters is 3. The van der Waals surface area contributed by atoms with Gasteiger partial charge in [0.05, 0.1) is 0 Å². The van der Waals surface area contributed by atoms with Crippen molar-refractivity contribution in [2.24, 2.45) is 0 Å². The summed E-state index contributed by atoms with van der Waals surface area (Å²) in [6, 6.07) is 0. The fraction of sp³-hybridized carbons (Fsp3) is 0.772. The third-order valence-electron chi connectivity index (χ3n) is 11.5. The largest absolute Gasteiger partial charge is 0.462 e. The average Bonchev–Trinajstić information content (AvgIpc) is 3.28. The molecule has 0 aliphatic rings. The van der Waals surface area contributed by atoms with Gasteiger partial charge in [-0.05, 0) is 96.3 Å². The van der Waals surface area contributed by atoms with Crippen LogP contribution in [0.15, 0.2) is 60.8 Å². The van der Waals surface area contributed by atoms with E-state index in [9.17, 15) is 14.4 Å². The maximum Gasteiger partial charge on any atom is 0.306 e. The molecule has 0 rings (SSSR count). The molecular weight excluding hydrogens is 781 g/mol. The van der Waals surface area contributed by atoms with Gasteiger partial charge in [0.15, 0.2) is 6.10 Å². The highest BCUT2D eigenvalue weighted by Crippen LogP contribution is 2.14. The quantitative estimate of drug-likeness (QED) is 0.0199. The SMILES string of the molecule is CC/C=C\C/C=C\CCCCCCCC(=O)OCC(COC(=O)CCCCCCC/C=C\CCCCCCCCCCC)OC(=O)CCCCCCCC/C=C\C=C/CCCCC. The molecule has 1 unspecified atom stereocenters. The van der Waals surface area contributed by atoms with Gasteiger partial charge in [-0.1, -0.05) is 210 Å². The van der Waals surface area contributed by atoms with Crippen molar-refractivity contribution in [3.8, 4) is 0 Å². The van der Waals surface area contributed by atoms with E-state index in [0.717, 1.165) is 109 Å². The van der Waals surface area contributed by atoms with Crippen LogP contribution in [-0.4, -0.2) is 37.2 Å². The molecule has 0 aromatic rings. The number of allylic oxidation sites excluding steroid dienone is 10. The fourth-order valence-corrected chi connectivity index (χ4v) is 7.47. The van der Waals surface area contributed by atoms with Crippen LogP contribution >= 0.6 is 0 Å². The van der Waals surface area contributed by atoms with Crippen LogP contribution in [0.4, 0.5) is 0 Å². The van der Waals surface area contributed by atoms with Crippen molar-refractivity contribution < 1.29 is 28.6 Å². The summed E-state index contributed by atoms with van der Waals surface area (Å²) >= 11 is 0. The van der Waals surface area contributed by atoms with Crippen LogP contribution in [0, 0.1) is 0 Å². The summed E-state index contributed by atoms with van der Waals surface area (Å²) in [5.74, 6) is -0.917. The van der Waals surface area contributed by atoms with Crippen LogP contribution < -0.4 is 0 Å². The Kier molecular flexibility index (Phi) is 49.4. The minimum absolute atomic E-state index is 0.0876. The third kappa shape index (κ3) is 50.0. The van der Waals surface area contributed by atoms with Gasteiger partial charge in [-0.15, -0.1) is 0 Å². The second-order valence-corrected chi connectivity index (χ2v) is 17.8. The van der Waals surface area contributed by atoms with Gasteiger partial charge in [0, 0.05) is 19.3 Å². The van der Waals surface area contributed by atoms with Gasteiger partial charge in [0.25, 0.3) is 0 Å². The molecular formula is C57H100O6. The predicted molar refractivity (Wildman–Crippen MR) is 270 cm³/mol. The third-order valence-corrected chi connectivity index (χ3v) is 11.5. The van der Waals surface area contributed by atoms with E-state index in [0.29, 0.717) is 19.3 Å². The van der Waals surface area contributed by atoms with Crippen molar-refractivity contribution in [1.82, 2.24) is 0 Å². The molecule has 364 valence electrons. The molecule has 0 saturated carbocycles. The topological polar surface area (TPSA) is 78.9 Å². The minimum Gasteiger partial charge on any atom is -0.462 e. The van der Waals surface area contributed by atoms with Crippen LogP contribution in [0.25, 0.3) is 0 Å². The van der Waals surface area contributed by atoms with Crippen molar-refractivity contribution in [2.75, 3.05) is 13.2 Å². The number of carbonyl (C=O) groups is 3. The fourth-order valence-electron chi connectivity index (χ4n) is 7.47. The lowest BCUT2D eigenvalue weighted by Crippen LogP contribution is -2.30. The molecule has 0 fully saturated rings. The Morgan fingerprint density at radius 1 is 0.349 bits per heavy atom. The summed E-state index contributed by atoms with van der Waals surface area (Å²) in [5.41, 5.74) is 0. The lowest BCUT2D eigenvalue weighted by Gasteiger charge is -2.18. The van der Waals surface area contributed by atoms with Crippen molar-refractivity contribution in [3.63, 3.8) is 0 Å². The van der Waals surface area contributed by atoms with E-state index in [4.69, 9.17) is 14.2 Å². The first-order valence-corrected chi connectivity index (χ1v) is 26.8. The molecule has 63 heavy (non-hydrogen) atoms. The van der Waals surface area contributed by atoms with E-state index in [1.165, 1.54) is 116 Å². The molecule has 0 saturated heterocycles. The summed E-state index contributed by atoms with van der Waals surface area (Å²) in [7, 11) is 0. The van der Waals surface area contributed by atoms with Gasteiger partial charge < -0.3 is 14.2 Å². The summed E-state index contributed by atoms with van der Waals surface area (Å²) in [5, 5.41) is 0. The number of hydrogen-bond acceptors (Lipinski definition) is 6. The molecule has 0 aliphatic heterocycles. The standard InChI is InChI=1S/C57H100O6/c1-4-7-10-13-16-19-22-25-27-28-29-31-32-35-38-41-44-47-50-56(59)62-53-54(52-61-55(58)49-46-43-40-37-34-24-21-18-15-12-9-6-3)63-57(60)51-48-45-42-39-36-33-30-26-23-20-17-14-11-8-5-2/h9,12,17-18,20-21,23,26,29,31,54H,4-8,10-11,13-16,19,22,24-25,27-28,30,32-53H2,1-3H3/b12-9-,20-17-,21-18-,26-23-,31-29-. The summed E-state index contributed by atoms with van der Waals surface area (Å²) in [4.78, 5) is 38.0. The Hall–Kier alpha value is -2.89. The number of hydrogen-bond donors (Lipinski definition) is 0. The molecule has 0 amide bonds. The Bertz CT molecular complexity index is 1150. The van der Waals surface area contributed by atoms with Gasteiger partial charge in [0.1, 0.15) is 13.2 Å². The number of rotatable bonds is 48. The molecule has 0 N–H and O–H groups in total. The molecule has 0 aromatic carbocycles. The highest BCUT2D eigenvalue weighted by molar-refractivity contribution is 5.71. The predicted octanol–water partition coefficient (Wildman–Crippen LogP) is 17.6. The molecule has 0 radical (unpaired) electrons. The van der Waals surface area contributed by atoms with Crippen LogP contribution in [0.5, 0.6) is 0 Å². The average molecular weight is 881 g/mol. The maximum absolute atomic E-state index is 12.8. The first kappa shape index (κ1) is 60.1. The zero-order chi connectivity index (χ0) is 45.8. The van der Waals surface area contributed by atoms with Gasteiger partial charge in [0.2, 0.25) is 0 Å². The van der Waals surface area contributed by atoms with E-state index in [2.05, 4.69) is 81.5 Å². The second-order valence-electron chi connectivity index (χ2n) is 17.8. The monoisotopic (exact) mass is 881 g/mol. The summed E-state index contributed by atoms with van der Waals surface area (Å²) in [6.45, 7) is 6.48. The lowest BCUT2D eigenvalue weighted by molar-refractivity contribution is -0.167. The van der Waals surface area contributed by atoms with Gasteiger partial charge in [-0.3, -0.25) is 14.4 Å². The first-order chi connectivity index (χ1) is 31.0. The van der Waals surface area contributed by atoms with Gasteiger partial charge >= 0.3 is 17.9 Å². The van der Waals surface area contributed by atoms with E-state index >= 15 is 0 Å². The first-order valence-electron chi connectivity index (χ1n) is 26.8. The molecule has 0 spiro atoms. The number of carbonyl (C=O) groups excluding carboxylic acids is 3. The zero-order valence-corrected chi connectivity index (χ0v) is 41.6.